The maximum absolute atomic E-state index is 13.1. The molecule has 1 amide bonds. The van der Waals surface area contributed by atoms with Crippen LogP contribution in [0.2, 0.25) is 0 Å². The summed E-state index contributed by atoms with van der Waals surface area (Å²) in [5, 5.41) is 2.62. The number of nitrogen functional groups attached to an aromatic ring is 1. The zero-order valence-electron chi connectivity index (χ0n) is 15.7. The molecule has 0 aliphatic heterocycles. The summed E-state index contributed by atoms with van der Waals surface area (Å²) < 4.78 is 41.0. The van der Waals surface area contributed by atoms with E-state index in [1.807, 2.05) is 6.07 Å². The number of benzene rings is 1. The highest BCUT2D eigenvalue weighted by atomic mass is 19.4. The molecule has 0 spiro atoms. The maximum Gasteiger partial charge on any atom is 0.416 e. The van der Waals surface area contributed by atoms with Gasteiger partial charge in [0.25, 0.3) is 0 Å². The first-order valence-corrected chi connectivity index (χ1v) is 8.90. The summed E-state index contributed by atoms with van der Waals surface area (Å²) in [5.74, 6) is 0.321. The zero-order chi connectivity index (χ0) is 21.5. The number of halogens is 3. The van der Waals surface area contributed by atoms with Crippen LogP contribution in [0, 0.1) is 0 Å². The molecular weight excluding hydrogens is 395 g/mol. The van der Waals surface area contributed by atoms with Crippen molar-refractivity contribution in [3.63, 3.8) is 0 Å². The lowest BCUT2D eigenvalue weighted by molar-refractivity contribution is -0.137. The predicted molar refractivity (Wildman–Crippen MR) is 108 cm³/mol. The van der Waals surface area contributed by atoms with Crippen LogP contribution in [0.25, 0.3) is 27.9 Å². The Morgan fingerprint density at radius 1 is 1.07 bits per heavy atom. The summed E-state index contributed by atoms with van der Waals surface area (Å²) in [6.45, 7) is 1.39. The molecule has 0 unspecified atom stereocenters. The van der Waals surface area contributed by atoms with Crippen molar-refractivity contribution in [2.24, 2.45) is 0 Å². The van der Waals surface area contributed by atoms with Gasteiger partial charge in [0.05, 0.1) is 11.8 Å². The number of carbonyl (C=O) groups is 1. The molecule has 6 nitrogen and oxygen atoms in total. The standard InChI is InChI=1S/C21H16F3N5O/c1-12(30)27-18-11-29-10-14(5-6-19(29)28-18)15-8-17(20(25)26-9-15)13-3-2-4-16(7-13)21(22,23)24/h2-11H,1H3,(H2,25,26)(H,27,30). The van der Waals surface area contributed by atoms with Crippen LogP contribution in [0.3, 0.4) is 0 Å². The molecule has 0 atom stereocenters. The largest absolute Gasteiger partial charge is 0.416 e. The Morgan fingerprint density at radius 2 is 1.87 bits per heavy atom. The van der Waals surface area contributed by atoms with Gasteiger partial charge in [-0.2, -0.15) is 13.2 Å². The van der Waals surface area contributed by atoms with E-state index in [0.717, 1.165) is 17.7 Å². The number of nitrogens with zero attached hydrogens (tertiary/aromatic N) is 3. The highest BCUT2D eigenvalue weighted by molar-refractivity contribution is 5.88. The van der Waals surface area contributed by atoms with Gasteiger partial charge in [-0.05, 0) is 35.9 Å². The third-order valence-corrected chi connectivity index (χ3v) is 4.51. The number of alkyl halides is 3. The SMILES string of the molecule is CC(=O)Nc1cn2cc(-c3cnc(N)c(-c4cccc(C(F)(F)F)c4)c3)ccc2n1. The van der Waals surface area contributed by atoms with Gasteiger partial charge in [-0.3, -0.25) is 4.79 Å². The summed E-state index contributed by atoms with van der Waals surface area (Å²) in [4.78, 5) is 19.7. The number of anilines is 2. The number of rotatable bonds is 3. The first-order valence-electron chi connectivity index (χ1n) is 8.90. The predicted octanol–water partition coefficient (Wildman–Crippen LogP) is 4.62. The van der Waals surface area contributed by atoms with Crippen molar-refractivity contribution in [3.05, 3.63) is 66.6 Å². The topological polar surface area (TPSA) is 85.3 Å². The lowest BCUT2D eigenvalue weighted by Crippen LogP contribution is -2.05. The van der Waals surface area contributed by atoms with E-state index in [0.29, 0.717) is 28.2 Å². The Hall–Kier alpha value is -3.88. The number of nitrogens with one attached hydrogen (secondary N) is 1. The summed E-state index contributed by atoms with van der Waals surface area (Å²) in [6, 6.07) is 10.2. The summed E-state index contributed by atoms with van der Waals surface area (Å²) in [5.41, 5.74) is 7.99. The van der Waals surface area contributed by atoms with E-state index in [1.165, 1.54) is 13.0 Å². The Labute approximate surface area is 169 Å². The van der Waals surface area contributed by atoms with E-state index in [9.17, 15) is 18.0 Å². The van der Waals surface area contributed by atoms with Crippen LogP contribution in [0.15, 0.2) is 61.1 Å². The third kappa shape index (κ3) is 3.82. The minimum absolute atomic E-state index is 0.134. The average Bonchev–Trinajstić information content (AvgIpc) is 3.08. The molecule has 0 radical (unpaired) electrons. The van der Waals surface area contributed by atoms with E-state index >= 15 is 0 Å². The van der Waals surface area contributed by atoms with Gasteiger partial charge in [-0.15, -0.1) is 0 Å². The van der Waals surface area contributed by atoms with Gasteiger partial charge >= 0.3 is 6.18 Å². The van der Waals surface area contributed by atoms with Crippen LogP contribution in [-0.2, 0) is 11.0 Å². The van der Waals surface area contributed by atoms with Crippen molar-refractivity contribution in [1.29, 1.82) is 0 Å². The number of aromatic nitrogens is 3. The van der Waals surface area contributed by atoms with Crippen LogP contribution >= 0.6 is 0 Å². The van der Waals surface area contributed by atoms with E-state index in [2.05, 4.69) is 15.3 Å². The average molecular weight is 411 g/mol. The van der Waals surface area contributed by atoms with E-state index < -0.39 is 11.7 Å². The second-order valence-electron chi connectivity index (χ2n) is 6.73. The molecule has 0 fully saturated rings. The number of nitrogens with two attached hydrogens (primary N) is 1. The van der Waals surface area contributed by atoms with Gasteiger partial charge in [0.15, 0.2) is 5.82 Å². The number of imidazole rings is 1. The number of hydrogen-bond acceptors (Lipinski definition) is 4. The van der Waals surface area contributed by atoms with E-state index in [-0.39, 0.29) is 11.7 Å². The summed E-state index contributed by atoms with van der Waals surface area (Å²) in [6.07, 6.45) is 0.558. The van der Waals surface area contributed by atoms with Crippen LogP contribution in [0.4, 0.5) is 24.8 Å². The summed E-state index contributed by atoms with van der Waals surface area (Å²) >= 11 is 0. The first kappa shape index (κ1) is 19.4. The van der Waals surface area contributed by atoms with Gasteiger partial charge in [0.1, 0.15) is 11.5 Å². The molecule has 1 aromatic carbocycles. The Bertz CT molecular complexity index is 1260. The fourth-order valence-electron chi connectivity index (χ4n) is 3.13. The lowest BCUT2D eigenvalue weighted by Gasteiger charge is -2.11. The molecule has 9 heteroatoms. The number of carbonyl (C=O) groups excluding carboxylic acids is 1. The molecule has 0 bridgehead atoms. The summed E-state index contributed by atoms with van der Waals surface area (Å²) in [7, 11) is 0. The van der Waals surface area contributed by atoms with Crippen molar-refractivity contribution in [2.75, 3.05) is 11.1 Å². The lowest BCUT2D eigenvalue weighted by atomic mass is 10.00. The molecule has 0 saturated carbocycles. The monoisotopic (exact) mass is 411 g/mol. The second-order valence-corrected chi connectivity index (χ2v) is 6.73. The van der Waals surface area contributed by atoms with Gasteiger partial charge in [0, 0.05) is 36.0 Å². The number of amides is 1. The van der Waals surface area contributed by atoms with Crippen LogP contribution in [-0.4, -0.2) is 20.3 Å². The molecule has 0 aliphatic carbocycles. The van der Waals surface area contributed by atoms with E-state index in [1.54, 1.807) is 41.2 Å². The molecule has 0 aliphatic rings. The molecule has 4 rings (SSSR count). The van der Waals surface area contributed by atoms with Crippen LogP contribution in [0.1, 0.15) is 12.5 Å². The van der Waals surface area contributed by atoms with Crippen molar-refractivity contribution in [2.45, 2.75) is 13.1 Å². The molecular formula is C21H16F3N5O. The Balaban J connectivity index is 1.75. The molecule has 30 heavy (non-hydrogen) atoms. The fourth-order valence-corrected chi connectivity index (χ4v) is 3.13. The quantitative estimate of drug-likeness (QED) is 0.515. The molecule has 3 N–H and O–H groups in total. The number of fused-ring (bicyclic) bond motifs is 1. The molecule has 3 heterocycles. The van der Waals surface area contributed by atoms with Crippen LogP contribution in [0.5, 0.6) is 0 Å². The minimum atomic E-state index is -4.45. The van der Waals surface area contributed by atoms with Gasteiger partial charge in [-0.25, -0.2) is 9.97 Å². The molecule has 152 valence electrons. The molecule has 0 saturated heterocycles. The van der Waals surface area contributed by atoms with Gasteiger partial charge in [0.2, 0.25) is 5.91 Å². The highest BCUT2D eigenvalue weighted by Crippen LogP contribution is 2.35. The Kier molecular flexibility index (Phi) is 4.65. The van der Waals surface area contributed by atoms with Crippen molar-refractivity contribution in [1.82, 2.24) is 14.4 Å². The van der Waals surface area contributed by atoms with Crippen molar-refractivity contribution < 1.29 is 18.0 Å². The second kappa shape index (κ2) is 7.18. The van der Waals surface area contributed by atoms with Gasteiger partial charge in [-0.1, -0.05) is 12.1 Å². The highest BCUT2D eigenvalue weighted by Gasteiger charge is 2.30. The third-order valence-electron chi connectivity index (χ3n) is 4.51. The smallest absolute Gasteiger partial charge is 0.383 e. The number of hydrogen-bond donors (Lipinski definition) is 2. The van der Waals surface area contributed by atoms with Crippen LogP contribution < -0.4 is 11.1 Å². The number of pyridine rings is 2. The first-order chi connectivity index (χ1) is 14.2. The molecule has 4 aromatic rings. The molecule has 3 aromatic heterocycles. The van der Waals surface area contributed by atoms with Crippen molar-refractivity contribution >= 4 is 23.2 Å². The van der Waals surface area contributed by atoms with Crippen molar-refractivity contribution in [3.8, 4) is 22.3 Å². The fraction of sp³-hybridized carbons (Fsp3) is 0.0952. The normalized spacial score (nSPS) is 11.6. The zero-order valence-corrected chi connectivity index (χ0v) is 15.7. The van der Waals surface area contributed by atoms with E-state index in [4.69, 9.17) is 5.73 Å². The minimum Gasteiger partial charge on any atom is -0.383 e. The van der Waals surface area contributed by atoms with Gasteiger partial charge < -0.3 is 15.5 Å². The Morgan fingerprint density at radius 3 is 2.60 bits per heavy atom. The maximum atomic E-state index is 13.1.